The van der Waals surface area contributed by atoms with Crippen molar-refractivity contribution in [3.05, 3.63) is 94.3 Å². The van der Waals surface area contributed by atoms with E-state index < -0.39 is 15.9 Å². The molecule has 0 saturated carbocycles. The summed E-state index contributed by atoms with van der Waals surface area (Å²) in [6.45, 7) is 2.19. The molecule has 0 aliphatic carbocycles. The van der Waals surface area contributed by atoms with Crippen LogP contribution in [0, 0.1) is 6.92 Å². The molecule has 186 valence electrons. The number of nitrogens with one attached hydrogen (secondary N) is 1. The van der Waals surface area contributed by atoms with Crippen molar-refractivity contribution < 1.29 is 18.7 Å². The highest BCUT2D eigenvalue weighted by Gasteiger charge is 2.36. The van der Waals surface area contributed by atoms with Crippen LogP contribution in [0.2, 0.25) is 0 Å². The molecule has 3 aromatic rings. The lowest BCUT2D eigenvalue weighted by atomic mass is 10.1. The molecule has 1 aliphatic rings. The first-order chi connectivity index (χ1) is 17.1. The number of rotatable bonds is 7. The predicted molar refractivity (Wildman–Crippen MR) is 147 cm³/mol. The molecule has 1 atom stereocenters. The van der Waals surface area contributed by atoms with Gasteiger partial charge in [-0.15, -0.1) is 0 Å². The zero-order valence-corrected chi connectivity index (χ0v) is 22.6. The molecule has 6 nitrogen and oxygen atoms in total. The van der Waals surface area contributed by atoms with Crippen molar-refractivity contribution in [3.63, 3.8) is 0 Å². The van der Waals surface area contributed by atoms with Gasteiger partial charge >= 0.3 is 0 Å². The largest absolute Gasteiger partial charge is 0.467 e. The SMILES string of the molecule is Cc1ccc(C(=O)N[C@H](Oc2ccc(/C=C3\SC(=S)N(Cc4ccco4)C3=O)cc2)C(Cl)(Cl)Cl)cc1. The molecule has 1 aliphatic heterocycles. The Labute approximate surface area is 232 Å². The lowest BCUT2D eigenvalue weighted by Crippen LogP contribution is -2.47. The van der Waals surface area contributed by atoms with Crippen molar-refractivity contribution >= 4 is 81.0 Å². The van der Waals surface area contributed by atoms with Crippen LogP contribution >= 0.6 is 58.8 Å². The van der Waals surface area contributed by atoms with Crippen LogP contribution in [0.1, 0.15) is 27.2 Å². The first-order valence-corrected chi connectivity index (χ1v) is 12.9. The average Bonchev–Trinajstić information content (AvgIpc) is 3.44. The fraction of sp³-hybridized carbons (Fsp3) is 0.160. The van der Waals surface area contributed by atoms with Gasteiger partial charge in [-0.25, -0.2) is 0 Å². The van der Waals surface area contributed by atoms with Crippen molar-refractivity contribution in [2.45, 2.75) is 23.5 Å². The second-order valence-electron chi connectivity index (χ2n) is 7.80. The number of ether oxygens (including phenoxy) is 1. The number of hydrogen-bond acceptors (Lipinski definition) is 6. The van der Waals surface area contributed by atoms with Gasteiger partial charge in [-0.1, -0.05) is 88.6 Å². The Hall–Kier alpha value is -2.49. The van der Waals surface area contributed by atoms with E-state index in [1.54, 1.807) is 60.9 Å². The van der Waals surface area contributed by atoms with Crippen molar-refractivity contribution in [1.82, 2.24) is 10.2 Å². The number of halogens is 3. The molecule has 2 amide bonds. The highest BCUT2D eigenvalue weighted by molar-refractivity contribution is 8.26. The van der Waals surface area contributed by atoms with Gasteiger partial charge < -0.3 is 14.5 Å². The van der Waals surface area contributed by atoms with Crippen molar-refractivity contribution in [3.8, 4) is 5.75 Å². The molecule has 36 heavy (non-hydrogen) atoms. The molecule has 1 N–H and O–H groups in total. The molecule has 1 fully saturated rings. The molecule has 2 heterocycles. The van der Waals surface area contributed by atoms with Gasteiger partial charge in [-0.3, -0.25) is 14.5 Å². The average molecular weight is 582 g/mol. The number of hydrogen-bond donors (Lipinski definition) is 1. The first-order valence-electron chi connectivity index (χ1n) is 10.6. The number of benzene rings is 2. The van der Waals surface area contributed by atoms with Crippen LogP contribution in [0.25, 0.3) is 6.08 Å². The van der Waals surface area contributed by atoms with Crippen molar-refractivity contribution in [1.29, 1.82) is 0 Å². The maximum Gasteiger partial charge on any atom is 0.266 e. The van der Waals surface area contributed by atoms with E-state index in [0.29, 0.717) is 26.3 Å². The second-order valence-corrected chi connectivity index (χ2v) is 11.8. The molecule has 11 heteroatoms. The Morgan fingerprint density at radius 3 is 2.47 bits per heavy atom. The number of carbonyl (C=O) groups is 2. The molecular weight excluding hydrogens is 563 g/mol. The van der Waals surface area contributed by atoms with E-state index in [0.717, 1.165) is 11.1 Å². The Bertz CT molecular complexity index is 1290. The smallest absolute Gasteiger partial charge is 0.266 e. The van der Waals surface area contributed by atoms with E-state index in [1.165, 1.54) is 16.7 Å². The molecule has 4 rings (SSSR count). The van der Waals surface area contributed by atoms with Crippen LogP contribution in [0.15, 0.2) is 76.2 Å². The van der Waals surface area contributed by atoms with Gasteiger partial charge in [0.15, 0.2) is 0 Å². The molecule has 1 saturated heterocycles. The third-order valence-electron chi connectivity index (χ3n) is 5.07. The highest BCUT2D eigenvalue weighted by Crippen LogP contribution is 2.35. The van der Waals surface area contributed by atoms with Crippen LogP contribution in [0.5, 0.6) is 5.75 Å². The lowest BCUT2D eigenvalue weighted by Gasteiger charge is -2.26. The summed E-state index contributed by atoms with van der Waals surface area (Å²) in [7, 11) is 0. The summed E-state index contributed by atoms with van der Waals surface area (Å²) in [5, 5.41) is 2.60. The maximum atomic E-state index is 12.8. The second kappa shape index (κ2) is 11.3. The van der Waals surface area contributed by atoms with Gasteiger partial charge in [-0.2, -0.15) is 0 Å². The number of aryl methyl sites for hydroxylation is 1. The summed E-state index contributed by atoms with van der Waals surface area (Å²) in [6.07, 6.45) is 2.03. The van der Waals surface area contributed by atoms with Crippen LogP contribution in [0.4, 0.5) is 0 Å². The molecular formula is C25H19Cl3N2O4S2. The third-order valence-corrected chi connectivity index (χ3v) is 7.05. The van der Waals surface area contributed by atoms with Crippen LogP contribution in [-0.2, 0) is 11.3 Å². The zero-order chi connectivity index (χ0) is 25.9. The van der Waals surface area contributed by atoms with Gasteiger partial charge in [-0.05, 0) is 55.0 Å². The minimum absolute atomic E-state index is 0.197. The van der Waals surface area contributed by atoms with Gasteiger partial charge in [0.1, 0.15) is 15.8 Å². The number of furan rings is 1. The van der Waals surface area contributed by atoms with Gasteiger partial charge in [0.05, 0.1) is 17.7 Å². The number of nitrogens with zero attached hydrogens (tertiary/aromatic N) is 1. The van der Waals surface area contributed by atoms with Gasteiger partial charge in [0.25, 0.3) is 11.8 Å². The minimum atomic E-state index is -1.93. The van der Waals surface area contributed by atoms with E-state index in [9.17, 15) is 9.59 Å². The minimum Gasteiger partial charge on any atom is -0.467 e. The summed E-state index contributed by atoms with van der Waals surface area (Å²) in [5.74, 6) is 0.362. The zero-order valence-electron chi connectivity index (χ0n) is 18.7. The number of alkyl halides is 3. The Morgan fingerprint density at radius 2 is 1.86 bits per heavy atom. The van der Waals surface area contributed by atoms with E-state index in [4.69, 9.17) is 56.2 Å². The standard InChI is InChI=1S/C25H19Cl3N2O4S2/c1-15-4-8-17(9-5-15)21(31)29-23(25(26,27)28)34-18-10-6-16(7-11-18)13-20-22(32)30(24(35)36-20)14-19-3-2-12-33-19/h2-13,23H,14H2,1H3,(H,29,31)/b20-13-/t23-/m1/s1. The molecule has 0 spiro atoms. The summed E-state index contributed by atoms with van der Waals surface area (Å²) in [6, 6.07) is 17.3. The molecule has 0 bridgehead atoms. The van der Waals surface area contributed by atoms with Gasteiger partial charge in [0.2, 0.25) is 10.0 Å². The van der Waals surface area contributed by atoms with Crippen molar-refractivity contribution in [2.75, 3.05) is 0 Å². The van der Waals surface area contributed by atoms with Crippen LogP contribution in [0.3, 0.4) is 0 Å². The fourth-order valence-electron chi connectivity index (χ4n) is 3.21. The highest BCUT2D eigenvalue weighted by atomic mass is 35.6. The molecule has 0 radical (unpaired) electrons. The number of amides is 2. The quantitative estimate of drug-likeness (QED) is 0.149. The van der Waals surface area contributed by atoms with E-state index in [1.807, 2.05) is 19.1 Å². The van der Waals surface area contributed by atoms with Gasteiger partial charge in [0, 0.05) is 5.56 Å². The van der Waals surface area contributed by atoms with E-state index in [-0.39, 0.29) is 12.5 Å². The summed E-state index contributed by atoms with van der Waals surface area (Å²) < 4.78 is 9.62. The molecule has 1 aromatic heterocycles. The summed E-state index contributed by atoms with van der Waals surface area (Å²) in [5.41, 5.74) is 2.17. The number of thiocarbonyl (C=S) groups is 1. The topological polar surface area (TPSA) is 71.8 Å². The van der Waals surface area contributed by atoms with E-state index >= 15 is 0 Å². The van der Waals surface area contributed by atoms with Crippen molar-refractivity contribution in [2.24, 2.45) is 0 Å². The summed E-state index contributed by atoms with van der Waals surface area (Å²) >= 11 is 24.8. The first kappa shape index (κ1) is 26.6. The third kappa shape index (κ3) is 6.63. The number of thioether (sulfide) groups is 1. The number of carbonyl (C=O) groups excluding carboxylic acids is 2. The molecule has 0 unspecified atom stereocenters. The maximum absolute atomic E-state index is 12.8. The van der Waals surface area contributed by atoms with Crippen LogP contribution < -0.4 is 10.1 Å². The Morgan fingerprint density at radius 1 is 1.17 bits per heavy atom. The van der Waals surface area contributed by atoms with Crippen LogP contribution in [-0.4, -0.2) is 31.1 Å². The Balaban J connectivity index is 1.43. The normalized spacial score (nSPS) is 15.9. The molecule has 2 aromatic carbocycles. The monoisotopic (exact) mass is 580 g/mol. The predicted octanol–water partition coefficient (Wildman–Crippen LogP) is 6.49. The van der Waals surface area contributed by atoms with E-state index in [2.05, 4.69) is 5.32 Å². The lowest BCUT2D eigenvalue weighted by molar-refractivity contribution is -0.122. The fourth-order valence-corrected chi connectivity index (χ4v) is 4.76. The summed E-state index contributed by atoms with van der Waals surface area (Å²) in [4.78, 5) is 27.4. The Kier molecular flexibility index (Phi) is 8.32.